The molecule has 5 heteroatoms. The predicted octanol–water partition coefficient (Wildman–Crippen LogP) is 3.28. The highest BCUT2D eigenvalue weighted by atomic mass is 79.9. The molecule has 0 saturated carbocycles. The molecular weight excluding hydrogens is 304 g/mol. The Bertz CT molecular complexity index is 362. The fraction of sp³-hybridized carbons (Fsp3) is 0.500. The quantitative estimate of drug-likeness (QED) is 0.624. The van der Waals surface area contributed by atoms with Crippen molar-refractivity contribution in [3.8, 4) is 0 Å². The van der Waals surface area contributed by atoms with Crippen LogP contribution in [0.5, 0.6) is 0 Å². The van der Waals surface area contributed by atoms with Crippen molar-refractivity contribution in [2.45, 2.75) is 19.4 Å². The highest BCUT2D eigenvalue weighted by Gasteiger charge is 2.18. The van der Waals surface area contributed by atoms with E-state index in [2.05, 4.69) is 28.3 Å². The van der Waals surface area contributed by atoms with E-state index in [4.69, 9.17) is 22.2 Å². The topological polar surface area (TPSA) is 47.3 Å². The first-order valence-corrected chi connectivity index (χ1v) is 6.67. The van der Waals surface area contributed by atoms with Gasteiger partial charge < -0.3 is 4.74 Å². The number of rotatable bonds is 6. The van der Waals surface area contributed by atoms with Gasteiger partial charge in [-0.1, -0.05) is 24.6 Å². The maximum absolute atomic E-state index is 5.97. The first-order chi connectivity index (χ1) is 8.10. The molecule has 3 nitrogen and oxygen atoms in total. The van der Waals surface area contributed by atoms with Gasteiger partial charge >= 0.3 is 0 Å². The van der Waals surface area contributed by atoms with Gasteiger partial charge in [0.2, 0.25) is 0 Å². The third kappa shape index (κ3) is 4.23. The second-order valence-electron chi connectivity index (χ2n) is 4.08. The largest absolute Gasteiger partial charge is 0.385 e. The van der Waals surface area contributed by atoms with Crippen LogP contribution in [0.4, 0.5) is 0 Å². The van der Waals surface area contributed by atoms with E-state index in [0.717, 1.165) is 23.1 Å². The molecule has 1 rings (SSSR count). The summed E-state index contributed by atoms with van der Waals surface area (Å²) >= 11 is 9.39. The maximum Gasteiger partial charge on any atom is 0.0548 e. The van der Waals surface area contributed by atoms with Gasteiger partial charge in [-0.25, -0.2) is 0 Å². The van der Waals surface area contributed by atoms with Crippen molar-refractivity contribution in [2.75, 3.05) is 13.7 Å². The van der Waals surface area contributed by atoms with Gasteiger partial charge in [0.25, 0.3) is 0 Å². The number of hydrogen-bond donors (Lipinski definition) is 2. The van der Waals surface area contributed by atoms with Gasteiger partial charge in [0.05, 0.1) is 5.02 Å². The minimum Gasteiger partial charge on any atom is -0.385 e. The summed E-state index contributed by atoms with van der Waals surface area (Å²) < 4.78 is 5.97. The van der Waals surface area contributed by atoms with Gasteiger partial charge in [-0.15, -0.1) is 0 Å². The lowest BCUT2D eigenvalue weighted by Gasteiger charge is -2.23. The molecule has 96 valence electrons. The lowest BCUT2D eigenvalue weighted by atomic mass is 9.93. The summed E-state index contributed by atoms with van der Waals surface area (Å²) in [5.41, 5.74) is 3.97. The Morgan fingerprint density at radius 2 is 2.24 bits per heavy atom. The number of nitrogens with two attached hydrogens (primary N) is 1. The third-order valence-corrected chi connectivity index (χ3v) is 4.04. The summed E-state index contributed by atoms with van der Waals surface area (Å²) in [5.74, 6) is 6.01. The molecule has 0 heterocycles. The summed E-state index contributed by atoms with van der Waals surface area (Å²) in [6, 6.07) is 5.95. The van der Waals surface area contributed by atoms with Gasteiger partial charge in [0, 0.05) is 24.2 Å². The standard InChI is InChI=1S/C12H18BrClN2O/c1-8(5-6-17-2)12(16-15)9-3-4-11(14)10(13)7-9/h3-4,7-8,12,16H,5-6,15H2,1-2H3. The number of benzene rings is 1. The van der Waals surface area contributed by atoms with Crippen molar-refractivity contribution < 1.29 is 4.74 Å². The maximum atomic E-state index is 5.97. The van der Waals surface area contributed by atoms with Gasteiger partial charge in [-0.2, -0.15) is 0 Å². The molecule has 17 heavy (non-hydrogen) atoms. The number of methoxy groups -OCH3 is 1. The van der Waals surface area contributed by atoms with Gasteiger partial charge in [-0.3, -0.25) is 11.3 Å². The molecule has 0 radical (unpaired) electrons. The van der Waals surface area contributed by atoms with E-state index in [1.807, 2.05) is 18.2 Å². The van der Waals surface area contributed by atoms with E-state index in [1.165, 1.54) is 0 Å². The molecule has 0 spiro atoms. The van der Waals surface area contributed by atoms with Crippen LogP contribution in [0.25, 0.3) is 0 Å². The van der Waals surface area contributed by atoms with Crippen molar-refractivity contribution in [3.05, 3.63) is 33.3 Å². The van der Waals surface area contributed by atoms with Crippen LogP contribution in [0.3, 0.4) is 0 Å². The van der Waals surface area contributed by atoms with E-state index in [9.17, 15) is 0 Å². The van der Waals surface area contributed by atoms with Crippen molar-refractivity contribution in [3.63, 3.8) is 0 Å². The average Bonchev–Trinajstić information content (AvgIpc) is 2.32. The predicted molar refractivity (Wildman–Crippen MR) is 74.9 cm³/mol. The average molecular weight is 322 g/mol. The molecule has 0 saturated heterocycles. The SMILES string of the molecule is COCCC(C)C(NN)c1ccc(Cl)c(Br)c1. The molecule has 0 aromatic heterocycles. The number of hydrogen-bond acceptors (Lipinski definition) is 3. The van der Waals surface area contributed by atoms with Crippen molar-refractivity contribution in [1.82, 2.24) is 5.43 Å². The Morgan fingerprint density at radius 3 is 2.76 bits per heavy atom. The molecule has 0 aliphatic carbocycles. The zero-order valence-corrected chi connectivity index (χ0v) is 12.4. The Balaban J connectivity index is 2.81. The van der Waals surface area contributed by atoms with Gasteiger partial charge in [0.1, 0.15) is 0 Å². The fourth-order valence-corrected chi connectivity index (χ4v) is 2.28. The number of ether oxygens (including phenoxy) is 1. The van der Waals surface area contributed by atoms with Crippen molar-refractivity contribution in [1.29, 1.82) is 0 Å². The van der Waals surface area contributed by atoms with Crippen LogP contribution in [0.15, 0.2) is 22.7 Å². The normalized spacial score (nSPS) is 14.6. The van der Waals surface area contributed by atoms with Crippen LogP contribution >= 0.6 is 27.5 Å². The molecule has 1 aromatic rings. The van der Waals surface area contributed by atoms with E-state index in [-0.39, 0.29) is 6.04 Å². The molecule has 0 aliphatic heterocycles. The van der Waals surface area contributed by atoms with Gasteiger partial charge in [0.15, 0.2) is 0 Å². The Morgan fingerprint density at radius 1 is 1.53 bits per heavy atom. The Kier molecular flexibility index (Phi) is 6.44. The summed E-state index contributed by atoms with van der Waals surface area (Å²) in [7, 11) is 1.70. The molecule has 3 N–H and O–H groups in total. The van der Waals surface area contributed by atoms with Crippen LogP contribution in [-0.2, 0) is 4.74 Å². The second kappa shape index (κ2) is 7.34. The lowest BCUT2D eigenvalue weighted by Crippen LogP contribution is -2.33. The molecule has 1 aromatic carbocycles. The zero-order chi connectivity index (χ0) is 12.8. The minimum atomic E-state index is 0.0960. The van der Waals surface area contributed by atoms with Crippen molar-refractivity contribution in [2.24, 2.45) is 11.8 Å². The molecule has 2 atom stereocenters. The second-order valence-corrected chi connectivity index (χ2v) is 5.34. The van der Waals surface area contributed by atoms with E-state index in [0.29, 0.717) is 10.9 Å². The van der Waals surface area contributed by atoms with Crippen LogP contribution in [0.1, 0.15) is 24.9 Å². The summed E-state index contributed by atoms with van der Waals surface area (Å²) in [4.78, 5) is 0. The van der Waals surface area contributed by atoms with E-state index < -0.39 is 0 Å². The monoisotopic (exact) mass is 320 g/mol. The molecular formula is C12H18BrClN2O. The zero-order valence-electron chi connectivity index (χ0n) is 10.0. The van der Waals surface area contributed by atoms with Crippen LogP contribution in [0, 0.1) is 5.92 Å². The third-order valence-electron chi connectivity index (χ3n) is 2.83. The molecule has 2 unspecified atom stereocenters. The smallest absolute Gasteiger partial charge is 0.0548 e. The Labute approximate surface area is 116 Å². The van der Waals surface area contributed by atoms with Crippen LogP contribution in [0.2, 0.25) is 5.02 Å². The highest BCUT2D eigenvalue weighted by Crippen LogP contribution is 2.29. The molecule has 0 aliphatic rings. The molecule has 0 bridgehead atoms. The number of halogens is 2. The van der Waals surface area contributed by atoms with E-state index >= 15 is 0 Å². The van der Waals surface area contributed by atoms with Crippen molar-refractivity contribution >= 4 is 27.5 Å². The Hall–Kier alpha value is -0.130. The number of hydrazine groups is 1. The van der Waals surface area contributed by atoms with Crippen LogP contribution in [-0.4, -0.2) is 13.7 Å². The summed E-state index contributed by atoms with van der Waals surface area (Å²) in [5, 5.41) is 0.703. The molecule has 0 fully saturated rings. The van der Waals surface area contributed by atoms with E-state index in [1.54, 1.807) is 7.11 Å². The van der Waals surface area contributed by atoms with Gasteiger partial charge in [-0.05, 0) is 46.0 Å². The molecule has 0 amide bonds. The first-order valence-electron chi connectivity index (χ1n) is 5.50. The lowest BCUT2D eigenvalue weighted by molar-refractivity contribution is 0.170. The first kappa shape index (κ1) is 14.9. The number of nitrogens with one attached hydrogen (secondary N) is 1. The highest BCUT2D eigenvalue weighted by molar-refractivity contribution is 9.10. The van der Waals surface area contributed by atoms with Crippen LogP contribution < -0.4 is 11.3 Å². The fourth-order valence-electron chi connectivity index (χ4n) is 1.77. The summed E-state index contributed by atoms with van der Waals surface area (Å²) in [6.45, 7) is 2.88. The minimum absolute atomic E-state index is 0.0960. The summed E-state index contributed by atoms with van der Waals surface area (Å²) in [6.07, 6.45) is 0.950.